The second kappa shape index (κ2) is 9.33. The van der Waals surface area contributed by atoms with Crippen LogP contribution >= 0.6 is 0 Å². The van der Waals surface area contributed by atoms with Gasteiger partial charge in [-0.05, 0) is 44.6 Å². The molecule has 2 aliphatic carbocycles. The predicted molar refractivity (Wildman–Crippen MR) is 122 cm³/mol. The van der Waals surface area contributed by atoms with Crippen LogP contribution in [0.1, 0.15) is 120 Å². The maximum atomic E-state index is 13.8. The van der Waals surface area contributed by atoms with E-state index >= 15 is 0 Å². The molecule has 6 heteroatoms. The van der Waals surface area contributed by atoms with Crippen molar-refractivity contribution in [2.45, 2.75) is 128 Å². The molecule has 0 spiro atoms. The highest BCUT2D eigenvalue weighted by Crippen LogP contribution is 2.35. The van der Waals surface area contributed by atoms with Crippen molar-refractivity contribution >= 4 is 11.8 Å². The summed E-state index contributed by atoms with van der Waals surface area (Å²) in [5.74, 6) is 0.239. The van der Waals surface area contributed by atoms with E-state index in [1.165, 1.54) is 38.5 Å². The molecule has 0 saturated heterocycles. The van der Waals surface area contributed by atoms with E-state index in [0.29, 0.717) is 12.2 Å². The van der Waals surface area contributed by atoms with Crippen LogP contribution in [-0.4, -0.2) is 44.1 Å². The minimum atomic E-state index is -0.897. The first-order valence-electron chi connectivity index (χ1n) is 12.6. The first-order chi connectivity index (χ1) is 14.9. The van der Waals surface area contributed by atoms with Crippen LogP contribution in [-0.2, 0) is 11.3 Å². The Bertz CT molecular complexity index is 785. The molecule has 2 fully saturated rings. The molecule has 2 saturated carbocycles. The summed E-state index contributed by atoms with van der Waals surface area (Å²) >= 11 is 0. The van der Waals surface area contributed by atoms with Gasteiger partial charge in [0.25, 0.3) is 5.91 Å². The van der Waals surface area contributed by atoms with Gasteiger partial charge in [-0.1, -0.05) is 65.2 Å². The average Bonchev–Trinajstić information content (AvgIpc) is 2.90. The van der Waals surface area contributed by atoms with E-state index in [1.807, 2.05) is 17.9 Å². The molecule has 0 radical (unpaired) electrons. The highest BCUT2D eigenvalue weighted by atomic mass is 16.2. The molecular weight excluding hydrogens is 388 g/mol. The summed E-state index contributed by atoms with van der Waals surface area (Å²) in [7, 11) is 0. The molecule has 3 aliphatic rings. The zero-order valence-electron chi connectivity index (χ0n) is 19.7. The molecule has 31 heavy (non-hydrogen) atoms. The van der Waals surface area contributed by atoms with Gasteiger partial charge in [-0.15, -0.1) is 0 Å². The van der Waals surface area contributed by atoms with Crippen LogP contribution in [0.4, 0.5) is 0 Å². The maximum Gasteiger partial charge on any atom is 0.273 e. The van der Waals surface area contributed by atoms with E-state index in [1.54, 1.807) is 4.68 Å². The Morgan fingerprint density at radius 3 is 2.19 bits per heavy atom. The summed E-state index contributed by atoms with van der Waals surface area (Å²) in [5, 5.41) is 8.09. The smallest absolute Gasteiger partial charge is 0.273 e. The predicted octanol–water partition coefficient (Wildman–Crippen LogP) is 4.78. The largest absolute Gasteiger partial charge is 0.351 e. The van der Waals surface area contributed by atoms with Gasteiger partial charge in [0.2, 0.25) is 5.91 Å². The summed E-state index contributed by atoms with van der Waals surface area (Å²) in [6.45, 7) is 6.61. The van der Waals surface area contributed by atoms with Crippen molar-refractivity contribution < 1.29 is 9.59 Å². The van der Waals surface area contributed by atoms with Crippen LogP contribution in [0, 0.1) is 0 Å². The molecule has 1 atom stereocenters. The lowest BCUT2D eigenvalue weighted by atomic mass is 9.90. The Balaban J connectivity index is 1.66. The first-order valence-corrected chi connectivity index (χ1v) is 12.6. The van der Waals surface area contributed by atoms with Crippen LogP contribution in [0.5, 0.6) is 0 Å². The molecular formula is C25H40N4O2. The van der Waals surface area contributed by atoms with Crippen molar-refractivity contribution in [2.75, 3.05) is 0 Å². The van der Waals surface area contributed by atoms with Crippen LogP contribution in [0.15, 0.2) is 6.07 Å². The van der Waals surface area contributed by atoms with E-state index in [0.717, 1.165) is 44.2 Å². The molecule has 4 rings (SSSR count). The summed E-state index contributed by atoms with van der Waals surface area (Å²) in [6.07, 6.45) is 13.6. The van der Waals surface area contributed by atoms with E-state index in [4.69, 9.17) is 5.10 Å². The molecule has 0 aromatic carbocycles. The second-order valence-electron chi connectivity index (χ2n) is 10.5. The monoisotopic (exact) mass is 428 g/mol. The number of nitrogens with one attached hydrogen (secondary N) is 1. The Hall–Kier alpha value is -1.85. The number of aromatic nitrogens is 2. The summed E-state index contributed by atoms with van der Waals surface area (Å²) < 4.78 is 1.80. The summed E-state index contributed by atoms with van der Waals surface area (Å²) in [5.41, 5.74) is 0.677. The van der Waals surface area contributed by atoms with Gasteiger partial charge in [0, 0.05) is 12.1 Å². The standard InChI is InChI=1S/C25H40N4O2/c1-18(2)21-16-22-23(30)29(20-14-10-6-7-11-15-20)25(3,17-28(22)27-21)24(31)26-19-12-8-4-5-9-13-19/h16,18-20H,4-15,17H2,1-3H3,(H,26,31). The van der Waals surface area contributed by atoms with Crippen LogP contribution < -0.4 is 5.32 Å². The third-order valence-electron chi connectivity index (χ3n) is 7.69. The molecule has 2 amide bonds. The molecule has 172 valence electrons. The van der Waals surface area contributed by atoms with Gasteiger partial charge in [0.1, 0.15) is 11.2 Å². The highest BCUT2D eigenvalue weighted by molar-refractivity contribution is 6.00. The fraction of sp³-hybridized carbons (Fsp3) is 0.800. The van der Waals surface area contributed by atoms with Crippen molar-refractivity contribution in [1.82, 2.24) is 20.0 Å². The van der Waals surface area contributed by atoms with Gasteiger partial charge in [-0.2, -0.15) is 5.10 Å². The Kier molecular flexibility index (Phi) is 6.73. The number of rotatable bonds is 4. The Morgan fingerprint density at radius 1 is 1.03 bits per heavy atom. The van der Waals surface area contributed by atoms with Gasteiger partial charge >= 0.3 is 0 Å². The van der Waals surface area contributed by atoms with Crippen molar-refractivity contribution in [2.24, 2.45) is 0 Å². The fourth-order valence-corrected chi connectivity index (χ4v) is 5.76. The summed E-state index contributed by atoms with van der Waals surface area (Å²) in [6, 6.07) is 2.30. The zero-order chi connectivity index (χ0) is 22.0. The molecule has 2 heterocycles. The first kappa shape index (κ1) is 22.3. The van der Waals surface area contributed by atoms with Gasteiger partial charge < -0.3 is 10.2 Å². The molecule has 1 aromatic heterocycles. The number of hydrogen-bond acceptors (Lipinski definition) is 3. The third-order valence-corrected chi connectivity index (χ3v) is 7.69. The van der Waals surface area contributed by atoms with Crippen LogP contribution in [0.25, 0.3) is 0 Å². The fourth-order valence-electron chi connectivity index (χ4n) is 5.76. The van der Waals surface area contributed by atoms with Crippen molar-refractivity contribution in [3.05, 3.63) is 17.5 Å². The van der Waals surface area contributed by atoms with E-state index in [2.05, 4.69) is 19.2 Å². The van der Waals surface area contributed by atoms with Crippen molar-refractivity contribution in [3.8, 4) is 0 Å². The molecule has 1 aromatic rings. The lowest BCUT2D eigenvalue weighted by molar-refractivity contribution is -0.135. The number of amides is 2. The quantitative estimate of drug-likeness (QED) is 0.702. The number of hydrogen-bond donors (Lipinski definition) is 1. The van der Waals surface area contributed by atoms with E-state index in [-0.39, 0.29) is 29.8 Å². The molecule has 1 aliphatic heterocycles. The van der Waals surface area contributed by atoms with Crippen LogP contribution in [0.2, 0.25) is 0 Å². The molecule has 6 nitrogen and oxygen atoms in total. The number of carbonyl (C=O) groups excluding carboxylic acids is 2. The zero-order valence-corrected chi connectivity index (χ0v) is 19.7. The Labute approximate surface area is 187 Å². The third kappa shape index (κ3) is 4.54. The van der Waals surface area contributed by atoms with E-state index < -0.39 is 5.54 Å². The number of fused-ring (bicyclic) bond motifs is 1. The van der Waals surface area contributed by atoms with Gasteiger partial charge in [0.15, 0.2) is 0 Å². The highest BCUT2D eigenvalue weighted by Gasteiger charge is 2.50. The SMILES string of the molecule is CC(C)c1cc2n(n1)CC(C)(C(=O)NC1CCCCCC1)N(C1CCCCCC1)C2=O. The number of carbonyl (C=O) groups is 2. The second-order valence-corrected chi connectivity index (χ2v) is 10.5. The van der Waals surface area contributed by atoms with Gasteiger partial charge in [-0.25, -0.2) is 0 Å². The molecule has 1 unspecified atom stereocenters. The minimum Gasteiger partial charge on any atom is -0.351 e. The lowest BCUT2D eigenvalue weighted by Gasteiger charge is -2.47. The summed E-state index contributed by atoms with van der Waals surface area (Å²) in [4.78, 5) is 29.6. The van der Waals surface area contributed by atoms with Gasteiger partial charge in [0.05, 0.1) is 12.2 Å². The topological polar surface area (TPSA) is 67.2 Å². The normalized spacial score (nSPS) is 26.5. The Morgan fingerprint density at radius 2 is 1.61 bits per heavy atom. The van der Waals surface area contributed by atoms with Gasteiger partial charge in [-0.3, -0.25) is 14.3 Å². The number of nitrogens with zero attached hydrogens (tertiary/aromatic N) is 3. The molecule has 0 bridgehead atoms. The van der Waals surface area contributed by atoms with Crippen molar-refractivity contribution in [1.29, 1.82) is 0 Å². The minimum absolute atomic E-state index is 0.00393. The lowest BCUT2D eigenvalue weighted by Crippen LogP contribution is -2.67. The maximum absolute atomic E-state index is 13.8. The van der Waals surface area contributed by atoms with Crippen molar-refractivity contribution in [3.63, 3.8) is 0 Å². The average molecular weight is 429 g/mol. The van der Waals surface area contributed by atoms with E-state index in [9.17, 15) is 9.59 Å². The molecule has 1 N–H and O–H groups in total. The van der Waals surface area contributed by atoms with Crippen LogP contribution in [0.3, 0.4) is 0 Å².